The Labute approximate surface area is 102 Å². The van der Waals surface area contributed by atoms with Crippen molar-refractivity contribution < 1.29 is 14.7 Å². The SMILES string of the molecule is CCCN(CC(=O)O)C(=O)CC1=CCCCC1. The van der Waals surface area contributed by atoms with E-state index in [2.05, 4.69) is 6.08 Å². The van der Waals surface area contributed by atoms with Crippen LogP contribution < -0.4 is 0 Å². The van der Waals surface area contributed by atoms with E-state index in [1.165, 1.54) is 16.9 Å². The molecule has 1 aliphatic carbocycles. The summed E-state index contributed by atoms with van der Waals surface area (Å²) in [6, 6.07) is 0. The molecule has 17 heavy (non-hydrogen) atoms. The normalized spacial score (nSPS) is 15.2. The molecule has 96 valence electrons. The maximum atomic E-state index is 12.0. The minimum Gasteiger partial charge on any atom is -0.480 e. The number of nitrogens with zero attached hydrogens (tertiary/aromatic N) is 1. The van der Waals surface area contributed by atoms with E-state index in [-0.39, 0.29) is 12.5 Å². The van der Waals surface area contributed by atoms with E-state index in [9.17, 15) is 9.59 Å². The Kier molecular flexibility index (Phi) is 5.73. The second-order valence-electron chi connectivity index (χ2n) is 4.49. The minimum absolute atomic E-state index is 0.0533. The molecule has 0 fully saturated rings. The van der Waals surface area contributed by atoms with Crippen molar-refractivity contribution in [3.63, 3.8) is 0 Å². The summed E-state index contributed by atoms with van der Waals surface area (Å²) >= 11 is 0. The van der Waals surface area contributed by atoms with E-state index < -0.39 is 5.97 Å². The fraction of sp³-hybridized carbons (Fsp3) is 0.692. The molecule has 0 spiro atoms. The summed E-state index contributed by atoms with van der Waals surface area (Å²) < 4.78 is 0. The third kappa shape index (κ3) is 5.02. The maximum absolute atomic E-state index is 12.0. The van der Waals surface area contributed by atoms with Crippen molar-refractivity contribution in [3.8, 4) is 0 Å². The highest BCUT2D eigenvalue weighted by Crippen LogP contribution is 2.20. The quantitative estimate of drug-likeness (QED) is 0.723. The molecular formula is C13H21NO3. The number of carbonyl (C=O) groups excluding carboxylic acids is 1. The fourth-order valence-electron chi connectivity index (χ4n) is 2.10. The summed E-state index contributed by atoms with van der Waals surface area (Å²) in [5.41, 5.74) is 1.17. The first kappa shape index (κ1) is 13.7. The Morgan fingerprint density at radius 1 is 1.41 bits per heavy atom. The van der Waals surface area contributed by atoms with Crippen LogP contribution in [0.25, 0.3) is 0 Å². The maximum Gasteiger partial charge on any atom is 0.323 e. The summed E-state index contributed by atoms with van der Waals surface area (Å²) in [7, 11) is 0. The highest BCUT2D eigenvalue weighted by Gasteiger charge is 2.17. The van der Waals surface area contributed by atoms with Gasteiger partial charge in [-0.1, -0.05) is 18.6 Å². The van der Waals surface area contributed by atoms with Gasteiger partial charge >= 0.3 is 5.97 Å². The third-order valence-electron chi connectivity index (χ3n) is 2.94. The van der Waals surface area contributed by atoms with Crippen molar-refractivity contribution in [2.75, 3.05) is 13.1 Å². The van der Waals surface area contributed by atoms with E-state index in [1.54, 1.807) is 0 Å². The number of aliphatic carboxylic acids is 1. The van der Waals surface area contributed by atoms with Gasteiger partial charge in [0, 0.05) is 13.0 Å². The lowest BCUT2D eigenvalue weighted by Gasteiger charge is -2.21. The van der Waals surface area contributed by atoms with Crippen LogP contribution >= 0.6 is 0 Å². The van der Waals surface area contributed by atoms with Crippen molar-refractivity contribution >= 4 is 11.9 Å². The number of allylic oxidation sites excluding steroid dienone is 1. The first-order valence-corrected chi connectivity index (χ1v) is 6.31. The van der Waals surface area contributed by atoms with E-state index in [0.29, 0.717) is 13.0 Å². The van der Waals surface area contributed by atoms with Crippen LogP contribution in [-0.2, 0) is 9.59 Å². The lowest BCUT2D eigenvalue weighted by atomic mass is 9.97. The Bertz CT molecular complexity index is 310. The fourth-order valence-corrected chi connectivity index (χ4v) is 2.10. The molecule has 0 saturated heterocycles. The molecule has 0 bridgehead atoms. The Morgan fingerprint density at radius 3 is 2.71 bits per heavy atom. The summed E-state index contributed by atoms with van der Waals surface area (Å²) in [6.45, 7) is 2.29. The highest BCUT2D eigenvalue weighted by molar-refractivity contribution is 5.83. The number of hydrogen-bond donors (Lipinski definition) is 1. The van der Waals surface area contributed by atoms with Crippen LogP contribution in [0.3, 0.4) is 0 Å². The lowest BCUT2D eigenvalue weighted by Crippen LogP contribution is -2.36. The average molecular weight is 239 g/mol. The second kappa shape index (κ2) is 7.09. The van der Waals surface area contributed by atoms with E-state index >= 15 is 0 Å². The monoisotopic (exact) mass is 239 g/mol. The number of hydrogen-bond acceptors (Lipinski definition) is 2. The minimum atomic E-state index is -0.940. The summed E-state index contributed by atoms with van der Waals surface area (Å²) in [5, 5.41) is 8.76. The number of carboxylic acid groups (broad SMARTS) is 1. The molecule has 0 aliphatic heterocycles. The van der Waals surface area contributed by atoms with Gasteiger partial charge in [-0.05, 0) is 32.1 Å². The lowest BCUT2D eigenvalue weighted by molar-refractivity contribution is -0.144. The molecule has 0 aromatic rings. The van der Waals surface area contributed by atoms with E-state index in [1.807, 2.05) is 6.92 Å². The topological polar surface area (TPSA) is 57.6 Å². The zero-order valence-electron chi connectivity index (χ0n) is 10.4. The van der Waals surface area contributed by atoms with Crippen LogP contribution in [0.4, 0.5) is 0 Å². The van der Waals surface area contributed by atoms with Crippen molar-refractivity contribution in [3.05, 3.63) is 11.6 Å². The Morgan fingerprint density at radius 2 is 2.18 bits per heavy atom. The van der Waals surface area contributed by atoms with Gasteiger partial charge in [0.15, 0.2) is 0 Å². The number of rotatable bonds is 6. The van der Waals surface area contributed by atoms with Gasteiger partial charge in [-0.25, -0.2) is 0 Å². The van der Waals surface area contributed by atoms with Gasteiger partial charge < -0.3 is 10.0 Å². The van der Waals surface area contributed by atoms with Gasteiger partial charge in [0.2, 0.25) is 5.91 Å². The van der Waals surface area contributed by atoms with Crippen molar-refractivity contribution in [1.29, 1.82) is 0 Å². The largest absolute Gasteiger partial charge is 0.480 e. The standard InChI is InChI=1S/C13H21NO3/c1-2-8-14(10-13(16)17)12(15)9-11-6-4-3-5-7-11/h6H,2-5,7-10H2,1H3,(H,16,17). The van der Waals surface area contributed by atoms with E-state index in [4.69, 9.17) is 5.11 Å². The zero-order chi connectivity index (χ0) is 12.7. The molecular weight excluding hydrogens is 218 g/mol. The van der Waals surface area contributed by atoms with Crippen molar-refractivity contribution in [2.24, 2.45) is 0 Å². The van der Waals surface area contributed by atoms with Gasteiger partial charge in [-0.3, -0.25) is 9.59 Å². The smallest absolute Gasteiger partial charge is 0.323 e. The molecule has 0 aromatic carbocycles. The van der Waals surface area contributed by atoms with Crippen LogP contribution in [0.15, 0.2) is 11.6 Å². The number of carbonyl (C=O) groups is 2. The van der Waals surface area contributed by atoms with Crippen molar-refractivity contribution in [2.45, 2.75) is 45.4 Å². The predicted molar refractivity (Wildman–Crippen MR) is 65.7 cm³/mol. The molecule has 0 radical (unpaired) electrons. The molecule has 0 aromatic heterocycles. The highest BCUT2D eigenvalue weighted by atomic mass is 16.4. The van der Waals surface area contributed by atoms with Crippen LogP contribution in [-0.4, -0.2) is 35.0 Å². The van der Waals surface area contributed by atoms with Gasteiger partial charge in [0.1, 0.15) is 6.54 Å². The molecule has 0 saturated carbocycles. The Balaban J connectivity index is 2.51. The van der Waals surface area contributed by atoms with Crippen LogP contribution in [0.2, 0.25) is 0 Å². The zero-order valence-corrected chi connectivity index (χ0v) is 10.4. The first-order valence-electron chi connectivity index (χ1n) is 6.31. The molecule has 1 amide bonds. The molecule has 1 rings (SSSR count). The van der Waals surface area contributed by atoms with Crippen LogP contribution in [0.1, 0.15) is 45.4 Å². The molecule has 0 heterocycles. The predicted octanol–water partition coefficient (Wildman–Crippen LogP) is 2.20. The number of amides is 1. The van der Waals surface area contributed by atoms with Gasteiger partial charge in [-0.15, -0.1) is 0 Å². The number of carboxylic acids is 1. The van der Waals surface area contributed by atoms with E-state index in [0.717, 1.165) is 25.7 Å². The molecule has 0 atom stereocenters. The first-order chi connectivity index (χ1) is 8.13. The van der Waals surface area contributed by atoms with Crippen molar-refractivity contribution in [1.82, 2.24) is 4.90 Å². The van der Waals surface area contributed by atoms with Gasteiger partial charge in [-0.2, -0.15) is 0 Å². The van der Waals surface area contributed by atoms with Gasteiger partial charge in [0.05, 0.1) is 0 Å². The van der Waals surface area contributed by atoms with Crippen LogP contribution in [0, 0.1) is 0 Å². The second-order valence-corrected chi connectivity index (χ2v) is 4.49. The van der Waals surface area contributed by atoms with Gasteiger partial charge in [0.25, 0.3) is 0 Å². The summed E-state index contributed by atoms with van der Waals surface area (Å²) in [5.74, 6) is -0.994. The Hall–Kier alpha value is -1.32. The average Bonchev–Trinajstić information content (AvgIpc) is 2.29. The molecule has 1 N–H and O–H groups in total. The van der Waals surface area contributed by atoms with Crippen LogP contribution in [0.5, 0.6) is 0 Å². The molecule has 4 nitrogen and oxygen atoms in total. The summed E-state index contributed by atoms with van der Waals surface area (Å²) in [6.07, 6.45) is 7.70. The molecule has 4 heteroatoms. The molecule has 0 unspecified atom stereocenters. The third-order valence-corrected chi connectivity index (χ3v) is 2.94. The molecule has 1 aliphatic rings. The summed E-state index contributed by atoms with van der Waals surface area (Å²) in [4.78, 5) is 24.1.